The Morgan fingerprint density at radius 1 is 0.808 bits per heavy atom. The third-order valence-electron chi connectivity index (χ3n) is 8.14. The number of ether oxygens (including phenoxy) is 6. The van der Waals surface area contributed by atoms with E-state index in [-0.39, 0.29) is 40.0 Å². The molecule has 0 aliphatic rings. The first-order valence-corrected chi connectivity index (χ1v) is 18.4. The van der Waals surface area contributed by atoms with Crippen molar-refractivity contribution in [1.29, 1.82) is 0 Å². The number of halogens is 1. The fraction of sp³-hybridized carbons (Fsp3) is 0.243. The molecular formula is C37H35FN2O10S2. The van der Waals surface area contributed by atoms with Gasteiger partial charge < -0.3 is 32.8 Å². The van der Waals surface area contributed by atoms with Crippen LogP contribution < -0.4 is 33.8 Å². The van der Waals surface area contributed by atoms with E-state index in [4.69, 9.17) is 32.8 Å². The summed E-state index contributed by atoms with van der Waals surface area (Å²) in [6.07, 6.45) is 1.02. The Hall–Kier alpha value is -5.41. The number of para-hydroxylation sites is 2. The second kappa shape index (κ2) is 15.5. The SMILES string of the molecule is COc1cc(OC)c2c(=O)c(OCCCCSc3nc4ccccc4n3S(=O)(=O)c3ccccc3F)c(-c3cc(OC)c(OC)c(OC)c3)oc2c1. The number of aromatic nitrogens is 2. The van der Waals surface area contributed by atoms with Crippen LogP contribution in [0.1, 0.15) is 12.8 Å². The Balaban J connectivity index is 1.28. The highest BCUT2D eigenvalue weighted by Gasteiger charge is 2.28. The molecule has 4 aromatic carbocycles. The van der Waals surface area contributed by atoms with Gasteiger partial charge in [0.2, 0.25) is 16.9 Å². The summed E-state index contributed by atoms with van der Waals surface area (Å²) >= 11 is 1.22. The number of hydrogen-bond donors (Lipinski definition) is 0. The molecule has 0 saturated carbocycles. The van der Waals surface area contributed by atoms with E-state index in [0.717, 1.165) is 10.0 Å². The first-order valence-electron chi connectivity index (χ1n) is 15.9. The molecule has 0 amide bonds. The fourth-order valence-electron chi connectivity index (χ4n) is 5.65. The Kier molecular flexibility index (Phi) is 10.8. The summed E-state index contributed by atoms with van der Waals surface area (Å²) < 4.78 is 83.1. The van der Waals surface area contributed by atoms with Crippen LogP contribution in [-0.4, -0.2) is 65.3 Å². The standard InChI is InChI=1S/C37H35FN2O10S2/c1-44-23-20-27(45-2)32-28(21-23)50-34(22-18-29(46-3)35(48-5)30(19-22)47-4)36(33(32)41)49-16-10-11-17-51-37-39-25-13-7-8-14-26(25)40(37)52(42,43)31-15-9-6-12-24(31)38/h6-9,12-15,18-21H,10-11,16-17H2,1-5H3. The lowest BCUT2D eigenvalue weighted by Crippen LogP contribution is -2.15. The topological polar surface area (TPSA) is 138 Å². The summed E-state index contributed by atoms with van der Waals surface area (Å²) in [5.74, 6) is 1.36. The molecule has 0 radical (unpaired) electrons. The zero-order valence-electron chi connectivity index (χ0n) is 28.9. The van der Waals surface area contributed by atoms with Gasteiger partial charge in [-0.1, -0.05) is 36.0 Å². The molecule has 2 aromatic heterocycles. The van der Waals surface area contributed by atoms with Crippen LogP contribution in [0.2, 0.25) is 0 Å². The zero-order chi connectivity index (χ0) is 37.0. The molecule has 272 valence electrons. The van der Waals surface area contributed by atoms with Crippen molar-refractivity contribution in [2.24, 2.45) is 0 Å². The minimum Gasteiger partial charge on any atom is -0.496 e. The summed E-state index contributed by atoms with van der Waals surface area (Å²) in [6, 6.07) is 18.5. The van der Waals surface area contributed by atoms with Gasteiger partial charge in [0.15, 0.2) is 22.4 Å². The van der Waals surface area contributed by atoms with Crippen LogP contribution in [0, 0.1) is 5.82 Å². The van der Waals surface area contributed by atoms with Crippen LogP contribution in [0.25, 0.3) is 33.3 Å². The molecule has 0 bridgehead atoms. The van der Waals surface area contributed by atoms with Gasteiger partial charge in [-0.05, 0) is 49.2 Å². The van der Waals surface area contributed by atoms with Gasteiger partial charge >= 0.3 is 0 Å². The van der Waals surface area contributed by atoms with Crippen LogP contribution in [0.4, 0.5) is 4.39 Å². The Bertz CT molecular complexity index is 2400. The molecule has 52 heavy (non-hydrogen) atoms. The number of hydrogen-bond acceptors (Lipinski definition) is 12. The van der Waals surface area contributed by atoms with Crippen molar-refractivity contribution in [3.63, 3.8) is 0 Å². The minimum atomic E-state index is -4.30. The van der Waals surface area contributed by atoms with Crippen LogP contribution in [0.3, 0.4) is 0 Å². The van der Waals surface area contributed by atoms with E-state index in [1.165, 1.54) is 65.5 Å². The van der Waals surface area contributed by atoms with E-state index in [2.05, 4.69) is 4.98 Å². The van der Waals surface area contributed by atoms with Gasteiger partial charge in [0.1, 0.15) is 33.2 Å². The summed E-state index contributed by atoms with van der Waals surface area (Å²) in [7, 11) is 3.07. The Morgan fingerprint density at radius 3 is 2.17 bits per heavy atom. The lowest BCUT2D eigenvalue weighted by Gasteiger charge is -2.17. The first-order chi connectivity index (χ1) is 25.2. The van der Waals surface area contributed by atoms with E-state index in [1.807, 2.05) is 0 Å². The number of thioether (sulfide) groups is 1. The molecule has 0 saturated heterocycles. The van der Waals surface area contributed by atoms with E-state index in [1.54, 1.807) is 48.5 Å². The molecule has 0 unspecified atom stereocenters. The van der Waals surface area contributed by atoms with E-state index < -0.39 is 26.2 Å². The molecule has 0 aliphatic heterocycles. The smallest absolute Gasteiger partial charge is 0.273 e. The highest BCUT2D eigenvalue weighted by atomic mass is 32.2. The predicted molar refractivity (Wildman–Crippen MR) is 195 cm³/mol. The third kappa shape index (κ3) is 6.80. The first kappa shape index (κ1) is 36.4. The molecule has 12 nitrogen and oxygen atoms in total. The number of rotatable bonds is 15. The zero-order valence-corrected chi connectivity index (χ0v) is 30.6. The Labute approximate surface area is 303 Å². The molecule has 0 fully saturated rings. The van der Waals surface area contributed by atoms with Gasteiger partial charge in [0.25, 0.3) is 10.0 Å². The number of fused-ring (bicyclic) bond motifs is 2. The maximum Gasteiger partial charge on any atom is 0.273 e. The molecule has 0 aliphatic carbocycles. The van der Waals surface area contributed by atoms with Crippen molar-refractivity contribution in [1.82, 2.24) is 8.96 Å². The largest absolute Gasteiger partial charge is 0.496 e. The van der Waals surface area contributed by atoms with E-state index >= 15 is 0 Å². The summed E-state index contributed by atoms with van der Waals surface area (Å²) in [5.41, 5.74) is 0.972. The highest BCUT2D eigenvalue weighted by Crippen LogP contribution is 2.44. The van der Waals surface area contributed by atoms with Gasteiger partial charge in [0, 0.05) is 23.4 Å². The second-order valence-electron chi connectivity index (χ2n) is 11.2. The number of benzene rings is 4. The molecule has 0 spiro atoms. The van der Waals surface area contributed by atoms with Crippen LogP contribution in [-0.2, 0) is 10.0 Å². The lowest BCUT2D eigenvalue weighted by atomic mass is 10.1. The van der Waals surface area contributed by atoms with Crippen molar-refractivity contribution in [3.8, 4) is 45.8 Å². The van der Waals surface area contributed by atoms with Gasteiger partial charge in [-0.25, -0.2) is 21.8 Å². The summed E-state index contributed by atoms with van der Waals surface area (Å²) in [6.45, 7) is 0.108. The van der Waals surface area contributed by atoms with Gasteiger partial charge in [0.05, 0.1) is 53.2 Å². The maximum absolute atomic E-state index is 14.7. The molecule has 6 aromatic rings. The number of nitrogens with zero attached hydrogens (tertiary/aromatic N) is 2. The van der Waals surface area contributed by atoms with Gasteiger partial charge in [-0.2, -0.15) is 0 Å². The molecule has 0 atom stereocenters. The van der Waals surface area contributed by atoms with Crippen molar-refractivity contribution >= 4 is 43.8 Å². The van der Waals surface area contributed by atoms with Crippen molar-refractivity contribution < 1.29 is 45.6 Å². The second-order valence-corrected chi connectivity index (χ2v) is 14.0. The fourth-order valence-corrected chi connectivity index (χ4v) is 8.44. The lowest BCUT2D eigenvalue weighted by molar-refractivity contribution is 0.301. The summed E-state index contributed by atoms with van der Waals surface area (Å²) in [4.78, 5) is 18.2. The maximum atomic E-state index is 14.7. The van der Waals surface area contributed by atoms with Gasteiger partial charge in [-0.3, -0.25) is 4.79 Å². The van der Waals surface area contributed by atoms with Crippen LogP contribution in [0.15, 0.2) is 92.1 Å². The summed E-state index contributed by atoms with van der Waals surface area (Å²) in [5, 5.41) is 0.368. The quantitative estimate of drug-likeness (QED) is 0.0777. The number of methoxy groups -OCH3 is 5. The van der Waals surface area contributed by atoms with Gasteiger partial charge in [-0.15, -0.1) is 0 Å². The average Bonchev–Trinajstić information content (AvgIpc) is 3.54. The molecule has 15 heteroatoms. The molecule has 0 N–H and O–H groups in total. The monoisotopic (exact) mass is 750 g/mol. The number of imidazole rings is 1. The number of unbranched alkanes of at least 4 members (excludes halogenated alkanes) is 1. The van der Waals surface area contributed by atoms with Crippen LogP contribution >= 0.6 is 11.8 Å². The average molecular weight is 751 g/mol. The van der Waals surface area contributed by atoms with Crippen molar-refractivity contribution in [2.75, 3.05) is 47.9 Å². The molecule has 2 heterocycles. The van der Waals surface area contributed by atoms with E-state index in [0.29, 0.717) is 58.2 Å². The third-order valence-corrected chi connectivity index (χ3v) is 11.0. The van der Waals surface area contributed by atoms with Crippen LogP contribution in [0.5, 0.6) is 34.5 Å². The van der Waals surface area contributed by atoms with Crippen molar-refractivity contribution in [3.05, 3.63) is 88.8 Å². The van der Waals surface area contributed by atoms with Crippen molar-refractivity contribution in [2.45, 2.75) is 22.9 Å². The normalized spacial score (nSPS) is 11.5. The van der Waals surface area contributed by atoms with E-state index in [9.17, 15) is 17.6 Å². The highest BCUT2D eigenvalue weighted by molar-refractivity contribution is 8.00. The predicted octanol–water partition coefficient (Wildman–Crippen LogP) is 7.18. The minimum absolute atomic E-state index is 0.0596. The Morgan fingerprint density at radius 2 is 1.50 bits per heavy atom. The molecule has 6 rings (SSSR count). The molecular weight excluding hydrogens is 716 g/mol.